The van der Waals surface area contributed by atoms with E-state index < -0.39 is 11.3 Å². The van der Waals surface area contributed by atoms with Gasteiger partial charge in [-0.1, -0.05) is 54.6 Å². The minimum Gasteiger partial charge on any atom is -0.338 e. The second kappa shape index (κ2) is 10.4. The van der Waals surface area contributed by atoms with E-state index in [9.17, 15) is 14.4 Å². The van der Waals surface area contributed by atoms with E-state index in [1.807, 2.05) is 47.4 Å². The Kier molecular flexibility index (Phi) is 6.88. The van der Waals surface area contributed by atoms with Crippen LogP contribution in [0.15, 0.2) is 73.1 Å². The summed E-state index contributed by atoms with van der Waals surface area (Å²) in [5.74, 6) is 0.00994. The van der Waals surface area contributed by atoms with Crippen LogP contribution in [-0.2, 0) is 0 Å². The molecule has 3 aromatic rings. The Hall–Kier alpha value is -3.88. The number of nitrogens with zero attached hydrogens (tertiary/aromatic N) is 5. The van der Waals surface area contributed by atoms with Gasteiger partial charge in [-0.15, -0.1) is 0 Å². The summed E-state index contributed by atoms with van der Waals surface area (Å²) in [5.41, 5.74) is 2.15. The average Bonchev–Trinajstić information content (AvgIpc) is 3.17. The van der Waals surface area contributed by atoms with Crippen LogP contribution in [0, 0.1) is 0 Å². The molecular formula is C27H24ClN5O3. The number of rotatable bonds is 7. The first-order valence-electron chi connectivity index (χ1n) is 11.7. The summed E-state index contributed by atoms with van der Waals surface area (Å²) in [5, 5.41) is -0.589. The van der Waals surface area contributed by atoms with Crippen LogP contribution in [0.25, 0.3) is 6.08 Å². The zero-order valence-electron chi connectivity index (χ0n) is 19.5. The van der Waals surface area contributed by atoms with Gasteiger partial charge >= 0.3 is 0 Å². The number of carbonyl (C=O) groups is 3. The number of carbonyl (C=O) groups excluding carboxylic acids is 3. The molecule has 5 rings (SSSR count). The molecule has 0 radical (unpaired) electrons. The topological polar surface area (TPSA) is 86.7 Å². The van der Waals surface area contributed by atoms with Crippen molar-refractivity contribution in [2.75, 3.05) is 37.6 Å². The smallest absolute Gasteiger partial charge is 0.262 e. The van der Waals surface area contributed by atoms with Crippen molar-refractivity contribution in [3.05, 3.63) is 95.3 Å². The molecule has 9 heteroatoms. The maximum absolute atomic E-state index is 13.2. The summed E-state index contributed by atoms with van der Waals surface area (Å²) < 4.78 is 0. The van der Waals surface area contributed by atoms with Gasteiger partial charge in [-0.05, 0) is 29.3 Å². The van der Waals surface area contributed by atoms with Crippen LogP contribution in [0.1, 0.15) is 36.6 Å². The minimum atomic E-state index is -0.589. The Labute approximate surface area is 213 Å². The lowest BCUT2D eigenvalue weighted by Crippen LogP contribution is -2.52. The van der Waals surface area contributed by atoms with Gasteiger partial charge in [-0.3, -0.25) is 24.2 Å². The van der Waals surface area contributed by atoms with Crippen molar-refractivity contribution in [3.8, 4) is 0 Å². The number of hydrogen-bond acceptors (Lipinski definition) is 7. The maximum atomic E-state index is 13.2. The van der Waals surface area contributed by atoms with E-state index in [1.165, 1.54) is 17.3 Å². The van der Waals surface area contributed by atoms with Crippen LogP contribution in [0.4, 0.5) is 5.95 Å². The molecule has 0 N–H and O–H groups in total. The van der Waals surface area contributed by atoms with Gasteiger partial charge in [0, 0.05) is 45.1 Å². The van der Waals surface area contributed by atoms with Crippen molar-refractivity contribution in [3.63, 3.8) is 0 Å². The van der Waals surface area contributed by atoms with E-state index >= 15 is 0 Å². The van der Waals surface area contributed by atoms with Crippen molar-refractivity contribution in [1.82, 2.24) is 19.8 Å². The number of piperazine rings is 1. The van der Waals surface area contributed by atoms with E-state index in [2.05, 4.69) is 14.9 Å². The Bertz CT molecular complexity index is 1270. The maximum Gasteiger partial charge on any atom is 0.262 e. The molecule has 1 aromatic heterocycles. The zero-order valence-corrected chi connectivity index (χ0v) is 20.2. The van der Waals surface area contributed by atoms with E-state index in [4.69, 9.17) is 11.6 Å². The summed E-state index contributed by atoms with van der Waals surface area (Å²) in [6.07, 6.45) is 6.75. The molecule has 3 heterocycles. The fourth-order valence-corrected chi connectivity index (χ4v) is 4.60. The molecule has 0 bridgehead atoms. The Balaban J connectivity index is 1.31. The van der Waals surface area contributed by atoms with E-state index in [-0.39, 0.29) is 17.4 Å². The standard InChI is InChI=1S/C27H24ClN5O3/c28-24(34)20-16-29-27(30-17-20)32-14-12-31(13-15-32)18-21(11-10-19-6-2-1-3-7-19)33-25(35)22-8-4-5-9-23(22)26(33)36/h1-11,16-17,21H,12-15,18H2. The fraction of sp³-hybridized carbons (Fsp3) is 0.222. The lowest BCUT2D eigenvalue weighted by Gasteiger charge is -2.37. The van der Waals surface area contributed by atoms with Crippen LogP contribution in [0.5, 0.6) is 0 Å². The molecule has 1 atom stereocenters. The van der Waals surface area contributed by atoms with Gasteiger partial charge in [0.1, 0.15) is 0 Å². The highest BCUT2D eigenvalue weighted by Gasteiger charge is 2.39. The number of anilines is 1. The average molecular weight is 502 g/mol. The second-order valence-electron chi connectivity index (χ2n) is 8.70. The third kappa shape index (κ3) is 4.91. The lowest BCUT2D eigenvalue weighted by atomic mass is 10.1. The van der Waals surface area contributed by atoms with Crippen LogP contribution in [0.2, 0.25) is 0 Å². The summed E-state index contributed by atoms with van der Waals surface area (Å²) in [6.45, 7) is 3.27. The van der Waals surface area contributed by atoms with Crippen molar-refractivity contribution in [2.45, 2.75) is 6.04 Å². The van der Waals surface area contributed by atoms with Crippen LogP contribution >= 0.6 is 11.6 Å². The van der Waals surface area contributed by atoms with Crippen LogP contribution in [0.3, 0.4) is 0 Å². The molecule has 1 unspecified atom stereocenters. The SMILES string of the molecule is O=C(Cl)c1cnc(N2CCN(CC(C=Cc3ccccc3)N3C(=O)c4ccccc4C3=O)CC2)nc1. The van der Waals surface area contributed by atoms with Crippen molar-refractivity contribution < 1.29 is 14.4 Å². The quantitative estimate of drug-likeness (QED) is 0.362. The fourth-order valence-electron chi connectivity index (χ4n) is 4.51. The molecule has 2 aromatic carbocycles. The lowest BCUT2D eigenvalue weighted by molar-refractivity contribution is 0.0582. The molecule has 0 aliphatic carbocycles. The summed E-state index contributed by atoms with van der Waals surface area (Å²) in [6, 6.07) is 16.4. The first kappa shape index (κ1) is 23.8. The molecule has 0 saturated carbocycles. The van der Waals surface area contributed by atoms with E-state index in [0.29, 0.717) is 49.8 Å². The first-order chi connectivity index (χ1) is 17.5. The highest BCUT2D eigenvalue weighted by atomic mass is 35.5. The number of hydrogen-bond donors (Lipinski definition) is 0. The van der Waals surface area contributed by atoms with Gasteiger partial charge in [0.05, 0.1) is 22.7 Å². The number of aromatic nitrogens is 2. The molecule has 1 fully saturated rings. The summed E-state index contributed by atoms with van der Waals surface area (Å²) in [7, 11) is 0. The number of amides is 2. The number of fused-ring (bicyclic) bond motifs is 1. The molecule has 0 spiro atoms. The van der Waals surface area contributed by atoms with Crippen LogP contribution < -0.4 is 4.90 Å². The minimum absolute atomic E-state index is 0.257. The predicted octanol–water partition coefficient (Wildman–Crippen LogP) is 3.36. The number of halogens is 1. The molecule has 2 aliphatic heterocycles. The van der Waals surface area contributed by atoms with E-state index in [1.54, 1.807) is 24.3 Å². The van der Waals surface area contributed by atoms with Crippen LogP contribution in [-0.4, -0.2) is 75.6 Å². The molecule has 2 amide bonds. The second-order valence-corrected chi connectivity index (χ2v) is 9.04. The first-order valence-corrected chi connectivity index (χ1v) is 12.1. The normalized spacial score (nSPS) is 17.0. The number of benzene rings is 2. The molecule has 182 valence electrons. The molecular weight excluding hydrogens is 478 g/mol. The van der Waals surface area contributed by atoms with E-state index in [0.717, 1.165) is 5.56 Å². The van der Waals surface area contributed by atoms with Gasteiger partial charge in [-0.25, -0.2) is 9.97 Å². The Morgan fingerprint density at radius 3 is 2.06 bits per heavy atom. The molecule has 8 nitrogen and oxygen atoms in total. The third-order valence-corrected chi connectivity index (χ3v) is 6.65. The van der Waals surface area contributed by atoms with Gasteiger partial charge in [0.25, 0.3) is 17.1 Å². The van der Waals surface area contributed by atoms with Crippen molar-refractivity contribution >= 4 is 40.7 Å². The number of imide groups is 1. The largest absolute Gasteiger partial charge is 0.338 e. The third-order valence-electron chi connectivity index (χ3n) is 6.43. The highest BCUT2D eigenvalue weighted by molar-refractivity contribution is 6.67. The summed E-state index contributed by atoms with van der Waals surface area (Å²) in [4.78, 5) is 51.8. The molecule has 1 saturated heterocycles. The predicted molar refractivity (Wildman–Crippen MR) is 137 cm³/mol. The Morgan fingerprint density at radius 2 is 1.47 bits per heavy atom. The Morgan fingerprint density at radius 1 is 0.889 bits per heavy atom. The highest BCUT2D eigenvalue weighted by Crippen LogP contribution is 2.26. The van der Waals surface area contributed by atoms with Crippen molar-refractivity contribution in [1.29, 1.82) is 0 Å². The van der Waals surface area contributed by atoms with Gasteiger partial charge in [0.2, 0.25) is 5.95 Å². The monoisotopic (exact) mass is 501 g/mol. The van der Waals surface area contributed by atoms with Gasteiger partial charge < -0.3 is 4.90 Å². The van der Waals surface area contributed by atoms with Crippen molar-refractivity contribution in [2.24, 2.45) is 0 Å². The molecule has 2 aliphatic rings. The summed E-state index contributed by atoms with van der Waals surface area (Å²) >= 11 is 5.48. The molecule has 36 heavy (non-hydrogen) atoms. The zero-order chi connectivity index (χ0) is 25.1. The van der Waals surface area contributed by atoms with Gasteiger partial charge in [-0.2, -0.15) is 0 Å². The van der Waals surface area contributed by atoms with Gasteiger partial charge in [0.15, 0.2) is 0 Å².